The highest BCUT2D eigenvalue weighted by Gasteiger charge is 2.38. The maximum Gasteiger partial charge on any atom is 0.401 e. The third-order valence-corrected chi connectivity index (χ3v) is 2.60. The van der Waals surface area contributed by atoms with Crippen LogP contribution in [0.2, 0.25) is 0 Å². The second kappa shape index (κ2) is 4.38. The summed E-state index contributed by atoms with van der Waals surface area (Å²) in [6.07, 6.45) is -2.54. The Morgan fingerprint density at radius 2 is 2.07 bits per heavy atom. The molecule has 3 nitrogen and oxygen atoms in total. The van der Waals surface area contributed by atoms with Gasteiger partial charge in [0.15, 0.2) is 0 Å². The molecule has 0 aromatic heterocycles. The second-order valence-electron chi connectivity index (χ2n) is 3.99. The van der Waals surface area contributed by atoms with Crippen LogP contribution in [0.5, 0.6) is 0 Å². The van der Waals surface area contributed by atoms with Crippen molar-refractivity contribution in [3.63, 3.8) is 0 Å². The molecule has 1 aliphatic carbocycles. The fourth-order valence-electron chi connectivity index (χ4n) is 1.62. The van der Waals surface area contributed by atoms with Gasteiger partial charge >= 0.3 is 12.1 Å². The van der Waals surface area contributed by atoms with E-state index in [1.807, 2.05) is 0 Å². The zero-order valence-electron chi connectivity index (χ0n) is 8.42. The fourth-order valence-corrected chi connectivity index (χ4v) is 1.62. The number of carboxylic acids is 1. The predicted molar refractivity (Wildman–Crippen MR) is 47.4 cm³/mol. The Kier molecular flexibility index (Phi) is 3.59. The molecule has 0 aromatic rings. The van der Waals surface area contributed by atoms with E-state index in [0.29, 0.717) is 0 Å². The Morgan fingerprint density at radius 3 is 2.40 bits per heavy atom. The lowest BCUT2D eigenvalue weighted by molar-refractivity contribution is -0.158. The topological polar surface area (TPSA) is 40.5 Å². The molecule has 1 fully saturated rings. The Hall–Kier alpha value is -0.780. The van der Waals surface area contributed by atoms with Gasteiger partial charge < -0.3 is 5.11 Å². The fraction of sp³-hybridized carbons (Fsp3) is 0.889. The van der Waals surface area contributed by atoms with E-state index in [-0.39, 0.29) is 12.0 Å². The maximum absolute atomic E-state index is 12.2. The number of alkyl halides is 3. The first-order chi connectivity index (χ1) is 6.79. The minimum Gasteiger partial charge on any atom is -0.480 e. The summed E-state index contributed by atoms with van der Waals surface area (Å²) in [5.41, 5.74) is 0. The molecule has 6 heteroatoms. The summed E-state index contributed by atoms with van der Waals surface area (Å²) in [5.74, 6) is -0.988. The van der Waals surface area contributed by atoms with Gasteiger partial charge in [0.25, 0.3) is 0 Å². The zero-order valence-corrected chi connectivity index (χ0v) is 8.42. The molecule has 0 amide bonds. The summed E-state index contributed by atoms with van der Waals surface area (Å²) in [6, 6.07) is -0.303. The van der Waals surface area contributed by atoms with Gasteiger partial charge in [-0.25, -0.2) is 0 Å². The van der Waals surface area contributed by atoms with E-state index in [9.17, 15) is 18.0 Å². The average Bonchev–Trinajstić information content (AvgIpc) is 2.80. The number of carbonyl (C=O) groups is 1. The van der Waals surface area contributed by atoms with Crippen molar-refractivity contribution in [2.75, 3.05) is 13.1 Å². The highest BCUT2D eigenvalue weighted by Crippen LogP contribution is 2.35. The number of carboxylic acid groups (broad SMARTS) is 1. The molecule has 1 unspecified atom stereocenters. The van der Waals surface area contributed by atoms with Crippen molar-refractivity contribution in [1.29, 1.82) is 0 Å². The molecule has 0 bridgehead atoms. The molecule has 1 rings (SSSR count). The lowest BCUT2D eigenvalue weighted by atomic mass is 10.2. The van der Waals surface area contributed by atoms with Gasteiger partial charge in [-0.3, -0.25) is 9.69 Å². The van der Waals surface area contributed by atoms with Crippen LogP contribution in [0.4, 0.5) is 13.2 Å². The molecule has 1 aliphatic rings. The first-order valence-electron chi connectivity index (χ1n) is 4.82. The minimum atomic E-state index is -4.33. The quantitative estimate of drug-likeness (QED) is 0.774. The molecule has 1 N–H and O–H groups in total. The van der Waals surface area contributed by atoms with Gasteiger partial charge in [0, 0.05) is 6.04 Å². The number of halogens is 3. The van der Waals surface area contributed by atoms with Crippen molar-refractivity contribution in [2.45, 2.75) is 32.0 Å². The Morgan fingerprint density at radius 1 is 1.53 bits per heavy atom. The van der Waals surface area contributed by atoms with Crippen LogP contribution < -0.4 is 0 Å². The molecule has 1 atom stereocenters. The van der Waals surface area contributed by atoms with Crippen LogP contribution in [0, 0.1) is 5.92 Å². The number of hydrogen-bond donors (Lipinski definition) is 1. The zero-order chi connectivity index (χ0) is 11.6. The van der Waals surface area contributed by atoms with Gasteiger partial charge in [0.1, 0.15) is 0 Å². The van der Waals surface area contributed by atoms with E-state index in [1.165, 1.54) is 0 Å². The van der Waals surface area contributed by atoms with Gasteiger partial charge in [-0.1, -0.05) is 0 Å². The molecular weight excluding hydrogens is 211 g/mol. The largest absolute Gasteiger partial charge is 0.480 e. The molecule has 88 valence electrons. The number of rotatable bonds is 5. The van der Waals surface area contributed by atoms with E-state index in [1.54, 1.807) is 6.92 Å². The van der Waals surface area contributed by atoms with E-state index < -0.39 is 25.2 Å². The van der Waals surface area contributed by atoms with Crippen molar-refractivity contribution < 1.29 is 23.1 Å². The first kappa shape index (κ1) is 12.3. The number of nitrogens with zero attached hydrogens (tertiary/aromatic N) is 1. The van der Waals surface area contributed by atoms with Crippen LogP contribution in [-0.2, 0) is 4.79 Å². The summed E-state index contributed by atoms with van der Waals surface area (Å²) < 4.78 is 36.5. The van der Waals surface area contributed by atoms with E-state index >= 15 is 0 Å². The van der Waals surface area contributed by atoms with E-state index in [0.717, 1.165) is 17.7 Å². The Bertz CT molecular complexity index is 238. The SMILES string of the molecule is CC(C1CC1)N(CC(=O)O)CC(F)(F)F. The molecule has 0 saturated heterocycles. The molecule has 15 heavy (non-hydrogen) atoms. The Labute approximate surface area is 85.9 Å². The lowest BCUT2D eigenvalue weighted by Crippen LogP contribution is -2.44. The molecule has 1 saturated carbocycles. The van der Waals surface area contributed by atoms with Crippen LogP contribution in [-0.4, -0.2) is 41.3 Å². The summed E-state index contributed by atoms with van der Waals surface area (Å²) in [4.78, 5) is 11.4. The standard InChI is InChI=1S/C9H14F3NO2/c1-6(7-2-3-7)13(4-8(14)15)5-9(10,11)12/h6-7H,2-5H2,1H3,(H,14,15). The lowest BCUT2D eigenvalue weighted by Gasteiger charge is -2.28. The van der Waals surface area contributed by atoms with Gasteiger partial charge in [0.2, 0.25) is 0 Å². The van der Waals surface area contributed by atoms with Gasteiger partial charge in [-0.2, -0.15) is 13.2 Å². The number of hydrogen-bond acceptors (Lipinski definition) is 2. The van der Waals surface area contributed by atoms with Crippen LogP contribution >= 0.6 is 0 Å². The molecule has 0 aliphatic heterocycles. The molecule has 0 radical (unpaired) electrons. The van der Waals surface area contributed by atoms with Crippen LogP contribution in [0.3, 0.4) is 0 Å². The highest BCUT2D eigenvalue weighted by molar-refractivity contribution is 5.69. The second-order valence-corrected chi connectivity index (χ2v) is 3.99. The normalized spacial score (nSPS) is 19.3. The molecule has 0 heterocycles. The monoisotopic (exact) mass is 225 g/mol. The minimum absolute atomic E-state index is 0.228. The van der Waals surface area contributed by atoms with Crippen LogP contribution in [0.15, 0.2) is 0 Å². The van der Waals surface area contributed by atoms with Crippen molar-refractivity contribution >= 4 is 5.97 Å². The van der Waals surface area contributed by atoms with Crippen molar-refractivity contribution in [3.05, 3.63) is 0 Å². The predicted octanol–water partition coefficient (Wildman–Crippen LogP) is 1.73. The van der Waals surface area contributed by atoms with Crippen molar-refractivity contribution in [3.8, 4) is 0 Å². The summed E-state index contributed by atoms with van der Waals surface area (Å²) in [7, 11) is 0. The van der Waals surface area contributed by atoms with E-state index in [4.69, 9.17) is 5.11 Å². The molecular formula is C9H14F3NO2. The number of aliphatic carboxylic acids is 1. The third-order valence-electron chi connectivity index (χ3n) is 2.60. The van der Waals surface area contributed by atoms with Crippen LogP contribution in [0.25, 0.3) is 0 Å². The Balaban J connectivity index is 2.55. The highest BCUT2D eigenvalue weighted by atomic mass is 19.4. The van der Waals surface area contributed by atoms with Gasteiger partial charge in [-0.05, 0) is 25.7 Å². The third kappa shape index (κ3) is 4.51. The van der Waals surface area contributed by atoms with Crippen LogP contribution in [0.1, 0.15) is 19.8 Å². The summed E-state index contributed by atoms with van der Waals surface area (Å²) in [6.45, 7) is -0.0273. The maximum atomic E-state index is 12.2. The summed E-state index contributed by atoms with van der Waals surface area (Å²) in [5, 5.41) is 8.52. The molecule has 0 spiro atoms. The van der Waals surface area contributed by atoms with Gasteiger partial charge in [0.05, 0.1) is 13.1 Å². The molecule has 0 aromatic carbocycles. The summed E-state index contributed by atoms with van der Waals surface area (Å²) >= 11 is 0. The van der Waals surface area contributed by atoms with Crippen molar-refractivity contribution in [1.82, 2.24) is 4.90 Å². The smallest absolute Gasteiger partial charge is 0.401 e. The first-order valence-corrected chi connectivity index (χ1v) is 4.82. The van der Waals surface area contributed by atoms with E-state index in [2.05, 4.69) is 0 Å². The average molecular weight is 225 g/mol. The van der Waals surface area contributed by atoms with Crippen molar-refractivity contribution in [2.24, 2.45) is 5.92 Å². The van der Waals surface area contributed by atoms with Gasteiger partial charge in [-0.15, -0.1) is 0 Å².